The highest BCUT2D eigenvalue weighted by Crippen LogP contribution is 2.43. The number of rotatable bonds is 7. The van der Waals surface area contributed by atoms with Crippen molar-refractivity contribution in [1.82, 2.24) is 0 Å². The summed E-state index contributed by atoms with van der Waals surface area (Å²) in [6, 6.07) is 4.12. The number of fused-ring (bicyclic) bond motifs is 1. The van der Waals surface area contributed by atoms with Crippen molar-refractivity contribution in [3.05, 3.63) is 22.2 Å². The molecule has 1 aromatic rings. The van der Waals surface area contributed by atoms with Gasteiger partial charge in [-0.15, -0.1) is 0 Å². The SMILES string of the molecule is CCCCCCCC1(C)Oc2cc(OC)c(Br)cc2CC1Br. The minimum Gasteiger partial charge on any atom is -0.495 e. The maximum atomic E-state index is 6.39. The molecule has 0 aliphatic carbocycles. The Morgan fingerprint density at radius 1 is 1.27 bits per heavy atom. The van der Waals surface area contributed by atoms with E-state index in [4.69, 9.17) is 9.47 Å². The lowest BCUT2D eigenvalue weighted by molar-refractivity contribution is 0.0616. The topological polar surface area (TPSA) is 18.5 Å². The van der Waals surface area contributed by atoms with Crippen molar-refractivity contribution in [3.8, 4) is 11.5 Å². The fourth-order valence-corrected chi connectivity index (χ4v) is 4.22. The summed E-state index contributed by atoms with van der Waals surface area (Å²) in [4.78, 5) is 0.346. The van der Waals surface area contributed by atoms with Gasteiger partial charge in [0.05, 0.1) is 16.4 Å². The predicted octanol–water partition coefficient (Wildman–Crippen LogP) is 6.28. The van der Waals surface area contributed by atoms with Gasteiger partial charge in [0.2, 0.25) is 0 Å². The Kier molecular flexibility index (Phi) is 6.63. The number of ether oxygens (including phenoxy) is 2. The zero-order valence-corrected chi connectivity index (χ0v) is 16.9. The second-order valence-electron chi connectivity index (χ2n) is 6.35. The monoisotopic (exact) mass is 432 g/mol. The van der Waals surface area contributed by atoms with Gasteiger partial charge in [-0.05, 0) is 53.7 Å². The standard InChI is InChI=1S/C18H26Br2O2/c1-4-5-6-7-8-9-18(2)17(20)11-13-10-14(19)16(21-3)12-15(13)22-18/h10,12,17H,4-9,11H2,1-3H3. The normalized spacial score (nSPS) is 23.8. The Bertz CT molecular complexity index is 504. The molecular formula is C18H26Br2O2. The van der Waals surface area contributed by atoms with E-state index in [0.717, 1.165) is 28.8 Å². The minimum absolute atomic E-state index is 0.141. The van der Waals surface area contributed by atoms with Crippen molar-refractivity contribution in [2.24, 2.45) is 0 Å². The van der Waals surface area contributed by atoms with Gasteiger partial charge in [0.15, 0.2) is 0 Å². The fraction of sp³-hybridized carbons (Fsp3) is 0.667. The first-order valence-corrected chi connectivity index (χ1v) is 9.90. The molecule has 1 aliphatic rings. The van der Waals surface area contributed by atoms with Crippen LogP contribution >= 0.6 is 31.9 Å². The maximum absolute atomic E-state index is 6.39. The van der Waals surface area contributed by atoms with E-state index in [1.54, 1.807) is 7.11 Å². The highest BCUT2D eigenvalue weighted by atomic mass is 79.9. The van der Waals surface area contributed by atoms with E-state index in [2.05, 4.69) is 51.8 Å². The third kappa shape index (κ3) is 4.19. The first kappa shape index (κ1) is 18.1. The van der Waals surface area contributed by atoms with Crippen LogP contribution in [0, 0.1) is 0 Å². The third-order valence-corrected chi connectivity index (χ3v) is 6.43. The van der Waals surface area contributed by atoms with Crippen LogP contribution < -0.4 is 9.47 Å². The van der Waals surface area contributed by atoms with Crippen LogP contribution in [0.2, 0.25) is 0 Å². The molecule has 0 radical (unpaired) electrons. The molecule has 2 unspecified atom stereocenters. The van der Waals surface area contributed by atoms with Gasteiger partial charge in [0.1, 0.15) is 17.1 Å². The zero-order valence-electron chi connectivity index (χ0n) is 13.8. The number of unbranched alkanes of at least 4 members (excludes halogenated alkanes) is 4. The van der Waals surface area contributed by atoms with Gasteiger partial charge < -0.3 is 9.47 Å². The van der Waals surface area contributed by atoms with E-state index >= 15 is 0 Å². The molecular weight excluding hydrogens is 408 g/mol. The van der Waals surface area contributed by atoms with Gasteiger partial charge in [-0.3, -0.25) is 0 Å². The molecule has 0 saturated heterocycles. The van der Waals surface area contributed by atoms with Gasteiger partial charge in [0, 0.05) is 6.07 Å². The van der Waals surface area contributed by atoms with Gasteiger partial charge in [-0.25, -0.2) is 0 Å². The number of hydrogen-bond donors (Lipinski definition) is 0. The largest absolute Gasteiger partial charge is 0.495 e. The summed E-state index contributed by atoms with van der Waals surface area (Å²) in [7, 11) is 1.69. The molecule has 1 aliphatic heterocycles. The molecule has 4 heteroatoms. The summed E-state index contributed by atoms with van der Waals surface area (Å²) >= 11 is 7.41. The summed E-state index contributed by atoms with van der Waals surface area (Å²) in [5, 5.41) is 0. The van der Waals surface area contributed by atoms with Crippen molar-refractivity contribution in [2.75, 3.05) is 7.11 Å². The molecule has 2 nitrogen and oxygen atoms in total. The maximum Gasteiger partial charge on any atom is 0.136 e. The van der Waals surface area contributed by atoms with Crippen LogP contribution in [0.1, 0.15) is 57.9 Å². The average Bonchev–Trinajstić information content (AvgIpc) is 2.48. The highest BCUT2D eigenvalue weighted by molar-refractivity contribution is 9.10. The molecule has 0 bridgehead atoms. The van der Waals surface area contributed by atoms with Gasteiger partial charge >= 0.3 is 0 Å². The van der Waals surface area contributed by atoms with Crippen LogP contribution in [0.15, 0.2) is 16.6 Å². The van der Waals surface area contributed by atoms with E-state index in [-0.39, 0.29) is 5.60 Å². The molecule has 0 amide bonds. The summed E-state index contributed by atoms with van der Waals surface area (Å²) in [6.45, 7) is 4.48. The van der Waals surface area contributed by atoms with Crippen molar-refractivity contribution in [3.63, 3.8) is 0 Å². The second kappa shape index (κ2) is 8.05. The summed E-state index contributed by atoms with van der Waals surface area (Å²) in [6.07, 6.45) is 8.55. The molecule has 2 rings (SSSR count). The van der Waals surface area contributed by atoms with Gasteiger partial charge in [-0.2, -0.15) is 0 Å². The predicted molar refractivity (Wildman–Crippen MR) is 99.5 cm³/mol. The van der Waals surface area contributed by atoms with Crippen LogP contribution in [0.4, 0.5) is 0 Å². The molecule has 124 valence electrons. The van der Waals surface area contributed by atoms with Crippen LogP contribution in [-0.4, -0.2) is 17.5 Å². The average molecular weight is 434 g/mol. The first-order chi connectivity index (χ1) is 10.5. The van der Waals surface area contributed by atoms with Crippen LogP contribution in [0.5, 0.6) is 11.5 Å². The zero-order chi connectivity index (χ0) is 16.2. The molecule has 1 heterocycles. The summed E-state index contributed by atoms with van der Waals surface area (Å²) in [5.74, 6) is 1.80. The van der Waals surface area contributed by atoms with Gasteiger partial charge in [-0.1, -0.05) is 48.5 Å². The number of benzene rings is 1. The molecule has 0 fully saturated rings. The minimum atomic E-state index is -0.141. The lowest BCUT2D eigenvalue weighted by Crippen LogP contribution is -2.45. The summed E-state index contributed by atoms with van der Waals surface area (Å²) < 4.78 is 12.8. The number of halogens is 2. The molecule has 22 heavy (non-hydrogen) atoms. The van der Waals surface area contributed by atoms with E-state index in [0.29, 0.717) is 4.83 Å². The Labute approximate surface area is 151 Å². The van der Waals surface area contributed by atoms with Crippen molar-refractivity contribution < 1.29 is 9.47 Å². The Morgan fingerprint density at radius 2 is 2.00 bits per heavy atom. The number of alkyl halides is 1. The molecule has 1 aromatic carbocycles. The Morgan fingerprint density at radius 3 is 2.68 bits per heavy atom. The molecule has 2 atom stereocenters. The second-order valence-corrected chi connectivity index (χ2v) is 8.30. The molecule has 0 spiro atoms. The van der Waals surface area contributed by atoms with Crippen molar-refractivity contribution in [2.45, 2.75) is 69.2 Å². The Hall–Kier alpha value is -0.220. The quantitative estimate of drug-likeness (QED) is 0.372. The Balaban J connectivity index is 2.06. The van der Waals surface area contributed by atoms with Crippen molar-refractivity contribution in [1.29, 1.82) is 0 Å². The van der Waals surface area contributed by atoms with E-state index in [9.17, 15) is 0 Å². The highest BCUT2D eigenvalue weighted by Gasteiger charge is 2.39. The van der Waals surface area contributed by atoms with Crippen molar-refractivity contribution >= 4 is 31.9 Å². The molecule has 0 saturated carbocycles. The van der Waals surface area contributed by atoms with Crippen LogP contribution in [0.25, 0.3) is 0 Å². The van der Waals surface area contributed by atoms with E-state index < -0.39 is 0 Å². The van der Waals surface area contributed by atoms with Crippen LogP contribution in [0.3, 0.4) is 0 Å². The first-order valence-electron chi connectivity index (χ1n) is 8.19. The summed E-state index contributed by atoms with van der Waals surface area (Å²) in [5.41, 5.74) is 1.09. The van der Waals surface area contributed by atoms with E-state index in [1.807, 2.05) is 6.07 Å². The van der Waals surface area contributed by atoms with Gasteiger partial charge in [0.25, 0.3) is 0 Å². The number of hydrogen-bond acceptors (Lipinski definition) is 2. The number of methoxy groups -OCH3 is 1. The van der Waals surface area contributed by atoms with E-state index in [1.165, 1.54) is 37.7 Å². The smallest absolute Gasteiger partial charge is 0.136 e. The molecule has 0 aromatic heterocycles. The lowest BCUT2D eigenvalue weighted by atomic mass is 9.87. The molecule has 0 N–H and O–H groups in total. The third-order valence-electron chi connectivity index (χ3n) is 4.52. The fourth-order valence-electron chi connectivity index (χ4n) is 3.00. The lowest BCUT2D eigenvalue weighted by Gasteiger charge is -2.40. The van der Waals surface area contributed by atoms with Crippen LogP contribution in [-0.2, 0) is 6.42 Å².